The van der Waals surface area contributed by atoms with Gasteiger partial charge in [0.1, 0.15) is 36.1 Å². The first-order chi connectivity index (χ1) is 25.1. The quantitative estimate of drug-likeness (QED) is 0.133. The molecule has 0 amide bonds. The summed E-state index contributed by atoms with van der Waals surface area (Å²) in [6.07, 6.45) is 0.367. The van der Waals surface area contributed by atoms with Crippen molar-refractivity contribution in [1.82, 2.24) is 10.1 Å². The molecule has 4 aromatic rings. The molecule has 1 fully saturated rings. The molecule has 7 rings (SSSR count). The predicted molar refractivity (Wildman–Crippen MR) is 201 cm³/mol. The largest absolute Gasteiger partial charge is 0.507 e. The van der Waals surface area contributed by atoms with Crippen molar-refractivity contribution in [1.29, 1.82) is 0 Å². The lowest BCUT2D eigenvalue weighted by molar-refractivity contribution is -0.140. The lowest BCUT2D eigenvalue weighted by Gasteiger charge is -2.55. The van der Waals surface area contributed by atoms with Crippen LogP contribution in [0.15, 0.2) is 76.8 Å². The van der Waals surface area contributed by atoms with E-state index in [-0.39, 0.29) is 60.0 Å². The van der Waals surface area contributed by atoms with Crippen LogP contribution in [0.2, 0.25) is 18.1 Å². The molecular formula is C42H47FN2O7Si. The molecule has 0 radical (unpaired) electrons. The van der Waals surface area contributed by atoms with Gasteiger partial charge in [0, 0.05) is 17.1 Å². The zero-order valence-electron chi connectivity index (χ0n) is 31.6. The molecule has 0 unspecified atom stereocenters. The molecule has 0 spiro atoms. The normalized spacial score (nSPS) is 22.6. The number of carbonyl (C=O) groups is 2. The molecule has 3 aliphatic rings. The topological polar surface area (TPSA) is 111 Å². The van der Waals surface area contributed by atoms with Gasteiger partial charge in [0.05, 0.1) is 11.6 Å². The van der Waals surface area contributed by atoms with E-state index in [4.69, 9.17) is 18.4 Å². The molecule has 0 bridgehead atoms. The molecule has 3 aromatic carbocycles. The summed E-state index contributed by atoms with van der Waals surface area (Å²) in [6, 6.07) is 19.8. The highest BCUT2D eigenvalue weighted by Crippen LogP contribution is 2.59. The summed E-state index contributed by atoms with van der Waals surface area (Å²) in [5, 5.41) is 16.1. The standard InChI is InChI=1S/C42H47FN2O7Si/c1-24-19-30(43)28-20-27-21-29-34(45(5)6)37-33(40(44-51-37)50-23-26-17-13-10-14-18-26)39(48)42(29,52-53(7,8)41(2,3)4)38(47)31(27)35(46)32(28)36(24)49-22-25-15-11-9-12-16-25/h9-19,27,29,34,46H,20-23H2,1-8H3/t27-,29-,34-,42-/m0/s1. The maximum Gasteiger partial charge on any atom is 0.265 e. The van der Waals surface area contributed by atoms with Crippen LogP contribution in [0.5, 0.6) is 11.6 Å². The third kappa shape index (κ3) is 6.02. The van der Waals surface area contributed by atoms with Gasteiger partial charge >= 0.3 is 0 Å². The second-order valence-corrected chi connectivity index (χ2v) is 21.0. The second-order valence-electron chi connectivity index (χ2n) is 16.3. The Morgan fingerprint density at radius 1 is 0.962 bits per heavy atom. The van der Waals surface area contributed by atoms with E-state index < -0.39 is 54.2 Å². The Kier molecular flexibility index (Phi) is 9.27. The summed E-state index contributed by atoms with van der Waals surface area (Å²) in [5.41, 5.74) is 0.716. The highest BCUT2D eigenvalue weighted by Gasteiger charge is 2.69. The molecule has 1 heterocycles. The Morgan fingerprint density at radius 2 is 1.57 bits per heavy atom. The minimum atomic E-state index is -2.92. The molecule has 0 saturated heterocycles. The van der Waals surface area contributed by atoms with Crippen molar-refractivity contribution in [2.75, 3.05) is 14.1 Å². The fourth-order valence-electron chi connectivity index (χ4n) is 8.01. The van der Waals surface area contributed by atoms with Crippen LogP contribution in [-0.2, 0) is 28.9 Å². The zero-order chi connectivity index (χ0) is 38.0. The third-order valence-corrected chi connectivity index (χ3v) is 16.1. The molecular weight excluding hydrogens is 692 g/mol. The lowest BCUT2D eigenvalue weighted by Crippen LogP contribution is -2.68. The molecule has 1 saturated carbocycles. The number of aliphatic hydroxyl groups is 1. The molecule has 1 aromatic heterocycles. The van der Waals surface area contributed by atoms with E-state index in [1.54, 1.807) is 6.92 Å². The van der Waals surface area contributed by atoms with Crippen LogP contribution in [0, 0.1) is 24.6 Å². The van der Waals surface area contributed by atoms with Gasteiger partial charge in [-0.05, 0) is 85.8 Å². The fraction of sp³-hybridized carbons (Fsp3) is 0.405. The molecule has 4 atom stereocenters. The highest BCUT2D eigenvalue weighted by molar-refractivity contribution is 6.74. The average Bonchev–Trinajstić information content (AvgIpc) is 3.52. The predicted octanol–water partition coefficient (Wildman–Crippen LogP) is 8.57. The number of Topliss-reactive ketones (excluding diaryl/α,β-unsaturated/α-hetero) is 2. The van der Waals surface area contributed by atoms with E-state index in [9.17, 15) is 5.11 Å². The van der Waals surface area contributed by atoms with Gasteiger partial charge in [0.25, 0.3) is 5.88 Å². The van der Waals surface area contributed by atoms with Crippen molar-refractivity contribution in [3.63, 3.8) is 0 Å². The Bertz CT molecular complexity index is 2100. The van der Waals surface area contributed by atoms with E-state index in [0.29, 0.717) is 17.1 Å². The van der Waals surface area contributed by atoms with Crippen molar-refractivity contribution < 1.29 is 37.5 Å². The summed E-state index contributed by atoms with van der Waals surface area (Å²) in [5.74, 6) is -2.88. The Morgan fingerprint density at radius 3 is 2.15 bits per heavy atom. The molecule has 9 nitrogen and oxygen atoms in total. The number of nitrogens with zero attached hydrogens (tertiary/aromatic N) is 2. The molecule has 11 heteroatoms. The zero-order valence-corrected chi connectivity index (χ0v) is 32.6. The van der Waals surface area contributed by atoms with Crippen molar-refractivity contribution >= 4 is 25.6 Å². The Hall–Kier alpha value is -4.58. The summed E-state index contributed by atoms with van der Waals surface area (Å²) >= 11 is 0. The summed E-state index contributed by atoms with van der Waals surface area (Å²) in [6.45, 7) is 12.2. The number of hydrogen-bond donors (Lipinski definition) is 1. The average molecular weight is 739 g/mol. The monoisotopic (exact) mass is 738 g/mol. The van der Waals surface area contributed by atoms with Crippen LogP contribution in [0.3, 0.4) is 0 Å². The van der Waals surface area contributed by atoms with Crippen molar-refractivity contribution in [3.8, 4) is 11.6 Å². The van der Waals surface area contributed by atoms with E-state index >= 15 is 14.0 Å². The SMILES string of the molecule is Cc1cc(F)c2c(c1OCc1ccccc1)C(O)=C1C(=O)[C@]3(O[Si](C)(C)C(C)(C)C)C(=O)c4c(OCc5ccccc5)noc4[C@@H](N(C)C)[C@@H]3C[C@@H]1C2. The molecule has 0 aliphatic heterocycles. The van der Waals surface area contributed by atoms with E-state index in [1.807, 2.05) is 114 Å². The number of benzene rings is 3. The van der Waals surface area contributed by atoms with Crippen molar-refractivity contribution in [2.45, 2.75) is 83.5 Å². The minimum Gasteiger partial charge on any atom is -0.507 e. The van der Waals surface area contributed by atoms with Gasteiger partial charge in [-0.3, -0.25) is 14.5 Å². The molecule has 278 valence electrons. The number of ether oxygens (including phenoxy) is 2. The maximum absolute atomic E-state index is 15.9. The molecule has 3 aliphatic carbocycles. The van der Waals surface area contributed by atoms with Gasteiger partial charge in [-0.15, -0.1) is 0 Å². The fourth-order valence-corrected chi connectivity index (χ4v) is 9.45. The van der Waals surface area contributed by atoms with Gasteiger partial charge in [0.2, 0.25) is 11.6 Å². The smallest absolute Gasteiger partial charge is 0.265 e. The number of carbonyl (C=O) groups excluding carboxylic acids is 2. The van der Waals surface area contributed by atoms with Crippen molar-refractivity contribution in [3.05, 3.63) is 117 Å². The molecule has 53 heavy (non-hydrogen) atoms. The minimum absolute atomic E-state index is 0.0197. The number of aliphatic hydroxyl groups excluding tert-OH is 1. The number of rotatable bonds is 9. The van der Waals surface area contributed by atoms with Gasteiger partial charge in [-0.25, -0.2) is 4.39 Å². The lowest BCUT2D eigenvalue weighted by atomic mass is 9.57. The Labute approximate surface area is 310 Å². The number of aryl methyl sites for hydroxylation is 1. The van der Waals surface area contributed by atoms with E-state index in [1.165, 1.54) is 6.07 Å². The second kappa shape index (κ2) is 13.4. The maximum atomic E-state index is 15.9. The molecule has 1 N–H and O–H groups in total. The summed E-state index contributed by atoms with van der Waals surface area (Å²) in [4.78, 5) is 32.9. The third-order valence-electron chi connectivity index (χ3n) is 11.6. The first kappa shape index (κ1) is 36.8. The van der Waals surface area contributed by atoms with Crippen LogP contribution in [-0.4, -0.2) is 54.7 Å². The van der Waals surface area contributed by atoms with E-state index in [2.05, 4.69) is 5.16 Å². The van der Waals surface area contributed by atoms with Gasteiger partial charge in [-0.2, -0.15) is 0 Å². The van der Waals surface area contributed by atoms with Gasteiger partial charge < -0.3 is 23.5 Å². The first-order valence-corrected chi connectivity index (χ1v) is 21.0. The number of halogens is 1. The summed E-state index contributed by atoms with van der Waals surface area (Å²) < 4.78 is 41.5. The summed E-state index contributed by atoms with van der Waals surface area (Å²) in [7, 11) is 0.798. The van der Waals surface area contributed by atoms with Gasteiger partial charge in [0.15, 0.2) is 19.7 Å². The number of fused-ring (bicyclic) bond motifs is 4. The number of aromatic nitrogens is 1. The van der Waals surface area contributed by atoms with Crippen LogP contribution in [0.4, 0.5) is 4.39 Å². The van der Waals surface area contributed by atoms with Crippen LogP contribution in [0.1, 0.15) is 77.2 Å². The van der Waals surface area contributed by atoms with Crippen molar-refractivity contribution in [2.24, 2.45) is 11.8 Å². The van der Waals surface area contributed by atoms with Crippen LogP contribution < -0.4 is 9.47 Å². The highest BCUT2D eigenvalue weighted by atomic mass is 28.4. The van der Waals surface area contributed by atoms with Crippen LogP contribution in [0.25, 0.3) is 5.76 Å². The number of ketones is 2. The van der Waals surface area contributed by atoms with Crippen LogP contribution >= 0.6 is 0 Å². The number of hydrogen-bond acceptors (Lipinski definition) is 9. The first-order valence-electron chi connectivity index (χ1n) is 18.1. The van der Waals surface area contributed by atoms with E-state index in [0.717, 1.165) is 11.1 Å². The van der Waals surface area contributed by atoms with Gasteiger partial charge in [-0.1, -0.05) is 81.4 Å². The Balaban J connectivity index is 1.41.